The van der Waals surface area contributed by atoms with Crippen LogP contribution in [0.1, 0.15) is 28.9 Å². The van der Waals surface area contributed by atoms with E-state index in [4.69, 9.17) is 20.9 Å². The van der Waals surface area contributed by atoms with Crippen LogP contribution in [0.25, 0.3) is 0 Å². The molecule has 154 valence electrons. The molecule has 1 unspecified atom stereocenters. The van der Waals surface area contributed by atoms with Crippen LogP contribution in [0.2, 0.25) is 5.02 Å². The monoisotopic (exact) mass is 434 g/mol. The average molecular weight is 435 g/mol. The maximum Gasteiger partial charge on any atom is 0.231 e. The van der Waals surface area contributed by atoms with Crippen LogP contribution in [0, 0.1) is 0 Å². The number of nitrogens with zero attached hydrogens (tertiary/aromatic N) is 3. The highest BCUT2D eigenvalue weighted by Crippen LogP contribution is 2.22. The van der Waals surface area contributed by atoms with Crippen molar-refractivity contribution in [1.82, 2.24) is 20.4 Å². The molecule has 1 saturated heterocycles. The van der Waals surface area contributed by atoms with Crippen LogP contribution in [-0.4, -0.2) is 41.7 Å². The van der Waals surface area contributed by atoms with Gasteiger partial charge in [0.25, 0.3) is 0 Å². The molecule has 29 heavy (non-hydrogen) atoms. The Bertz CT molecular complexity index is 934. The third-order valence-electron chi connectivity index (χ3n) is 4.90. The molecule has 3 aromatic rings. The van der Waals surface area contributed by atoms with E-state index in [1.807, 2.05) is 48.5 Å². The number of piperazine rings is 1. The van der Waals surface area contributed by atoms with Gasteiger partial charge in [0.15, 0.2) is 5.82 Å². The Morgan fingerprint density at radius 2 is 2.10 bits per heavy atom. The Kier molecular flexibility index (Phi) is 7.50. The number of nitrogens with one attached hydrogen (secondary N) is 1. The second-order valence-corrected chi connectivity index (χ2v) is 7.36. The summed E-state index contributed by atoms with van der Waals surface area (Å²) < 4.78 is 11.4. The molecule has 0 bridgehead atoms. The van der Waals surface area contributed by atoms with Crippen molar-refractivity contribution in [2.75, 3.05) is 26.7 Å². The summed E-state index contributed by atoms with van der Waals surface area (Å²) >= 11 is 6.19. The highest BCUT2D eigenvalue weighted by molar-refractivity contribution is 6.31. The van der Waals surface area contributed by atoms with Crippen LogP contribution in [0.5, 0.6) is 5.75 Å². The Labute approximate surface area is 181 Å². The molecule has 0 amide bonds. The van der Waals surface area contributed by atoms with E-state index >= 15 is 0 Å². The Hall–Kier alpha value is -2.12. The van der Waals surface area contributed by atoms with Crippen LogP contribution in [0.4, 0.5) is 0 Å². The maximum absolute atomic E-state index is 6.19. The smallest absolute Gasteiger partial charge is 0.231 e. The van der Waals surface area contributed by atoms with E-state index in [0.717, 1.165) is 42.3 Å². The molecule has 0 saturated carbocycles. The van der Waals surface area contributed by atoms with Crippen molar-refractivity contribution in [3.8, 4) is 5.75 Å². The van der Waals surface area contributed by atoms with E-state index in [1.165, 1.54) is 0 Å². The lowest BCUT2D eigenvalue weighted by molar-refractivity contribution is 0.190. The van der Waals surface area contributed by atoms with Gasteiger partial charge in [0.2, 0.25) is 5.89 Å². The predicted molar refractivity (Wildman–Crippen MR) is 115 cm³/mol. The fraction of sp³-hybridized carbons (Fsp3) is 0.333. The molecular formula is C21H24Cl2N4O2. The Morgan fingerprint density at radius 3 is 2.93 bits per heavy atom. The summed E-state index contributed by atoms with van der Waals surface area (Å²) in [6.07, 6.45) is 0.570. The number of hydrogen-bond acceptors (Lipinski definition) is 6. The minimum Gasteiger partial charge on any atom is -0.489 e. The van der Waals surface area contributed by atoms with Gasteiger partial charge < -0.3 is 14.6 Å². The minimum atomic E-state index is 0. The van der Waals surface area contributed by atoms with E-state index in [2.05, 4.69) is 27.4 Å². The van der Waals surface area contributed by atoms with Crippen molar-refractivity contribution < 1.29 is 9.26 Å². The van der Waals surface area contributed by atoms with Crippen LogP contribution in [0.3, 0.4) is 0 Å². The molecule has 2 heterocycles. The zero-order chi connectivity index (χ0) is 19.3. The molecule has 1 aliphatic heterocycles. The summed E-state index contributed by atoms with van der Waals surface area (Å²) in [6.45, 7) is 3.22. The number of ether oxygens (including phenoxy) is 1. The molecule has 8 heteroatoms. The van der Waals surface area contributed by atoms with E-state index in [1.54, 1.807) is 0 Å². The lowest BCUT2D eigenvalue weighted by Crippen LogP contribution is -2.44. The van der Waals surface area contributed by atoms with Crippen molar-refractivity contribution in [2.24, 2.45) is 0 Å². The van der Waals surface area contributed by atoms with E-state index < -0.39 is 0 Å². The van der Waals surface area contributed by atoms with Gasteiger partial charge in [-0.3, -0.25) is 4.90 Å². The lowest BCUT2D eigenvalue weighted by Gasteiger charge is -2.30. The number of hydrogen-bond donors (Lipinski definition) is 1. The summed E-state index contributed by atoms with van der Waals surface area (Å²) in [5.74, 6) is 2.13. The van der Waals surface area contributed by atoms with Crippen LogP contribution >= 0.6 is 24.0 Å². The van der Waals surface area contributed by atoms with Gasteiger partial charge in [-0.1, -0.05) is 47.1 Å². The molecule has 1 atom stereocenters. The standard InChI is InChI=1S/C21H23ClN4O2.ClH/c1-26-10-9-23-13-19(26)21-24-20(28-25-21)12-15-5-4-7-17(11-15)27-14-16-6-2-3-8-18(16)22;/h2-8,11,19,23H,9-10,12-14H2,1H3;1H. The molecule has 6 nitrogen and oxygen atoms in total. The first-order valence-corrected chi connectivity index (χ1v) is 9.75. The van der Waals surface area contributed by atoms with Crippen molar-refractivity contribution in [3.05, 3.63) is 76.4 Å². The fourth-order valence-corrected chi connectivity index (χ4v) is 3.46. The van der Waals surface area contributed by atoms with Gasteiger partial charge in [0, 0.05) is 30.2 Å². The first-order valence-electron chi connectivity index (χ1n) is 9.37. The van der Waals surface area contributed by atoms with Gasteiger partial charge in [-0.15, -0.1) is 12.4 Å². The number of halogens is 2. The number of rotatable bonds is 6. The largest absolute Gasteiger partial charge is 0.489 e. The molecule has 0 radical (unpaired) electrons. The first-order chi connectivity index (χ1) is 13.7. The maximum atomic E-state index is 6.19. The quantitative estimate of drug-likeness (QED) is 0.634. The molecule has 1 aliphatic rings. The van der Waals surface area contributed by atoms with Crippen molar-refractivity contribution in [2.45, 2.75) is 19.1 Å². The molecular weight excluding hydrogens is 411 g/mol. The zero-order valence-electron chi connectivity index (χ0n) is 16.2. The topological polar surface area (TPSA) is 63.4 Å². The molecule has 2 aromatic carbocycles. The van der Waals surface area contributed by atoms with E-state index in [0.29, 0.717) is 23.9 Å². The van der Waals surface area contributed by atoms with Gasteiger partial charge >= 0.3 is 0 Å². The van der Waals surface area contributed by atoms with Crippen molar-refractivity contribution in [3.63, 3.8) is 0 Å². The second kappa shape index (κ2) is 10.1. The SMILES string of the molecule is CN1CCNCC1c1noc(Cc2cccc(OCc3ccccc3Cl)c2)n1.Cl. The van der Waals surface area contributed by atoms with E-state index in [-0.39, 0.29) is 18.4 Å². The fourth-order valence-electron chi connectivity index (χ4n) is 3.27. The molecule has 1 N–H and O–H groups in total. The summed E-state index contributed by atoms with van der Waals surface area (Å²) in [5, 5.41) is 8.26. The highest BCUT2D eigenvalue weighted by Gasteiger charge is 2.25. The van der Waals surface area contributed by atoms with Crippen molar-refractivity contribution in [1.29, 1.82) is 0 Å². The van der Waals surface area contributed by atoms with Crippen molar-refractivity contribution >= 4 is 24.0 Å². The molecule has 0 aliphatic carbocycles. The van der Waals surface area contributed by atoms with Gasteiger partial charge in [-0.2, -0.15) is 4.98 Å². The summed E-state index contributed by atoms with van der Waals surface area (Å²) in [7, 11) is 2.08. The second-order valence-electron chi connectivity index (χ2n) is 6.95. The summed E-state index contributed by atoms with van der Waals surface area (Å²) in [4.78, 5) is 6.84. The number of benzene rings is 2. The zero-order valence-corrected chi connectivity index (χ0v) is 17.7. The highest BCUT2D eigenvalue weighted by atomic mass is 35.5. The van der Waals surface area contributed by atoms with Gasteiger partial charge in [0.05, 0.1) is 12.5 Å². The Balaban J connectivity index is 0.00000240. The molecule has 0 spiro atoms. The van der Waals surface area contributed by atoms with Gasteiger partial charge in [-0.05, 0) is 30.8 Å². The lowest BCUT2D eigenvalue weighted by atomic mass is 10.1. The minimum absolute atomic E-state index is 0. The third-order valence-corrected chi connectivity index (χ3v) is 5.27. The van der Waals surface area contributed by atoms with E-state index in [9.17, 15) is 0 Å². The molecule has 1 fully saturated rings. The summed E-state index contributed by atoms with van der Waals surface area (Å²) in [6, 6.07) is 15.8. The number of aromatic nitrogens is 2. The average Bonchev–Trinajstić information content (AvgIpc) is 3.16. The van der Waals surface area contributed by atoms with Crippen LogP contribution < -0.4 is 10.1 Å². The third kappa shape index (κ3) is 5.48. The number of likely N-dealkylation sites (N-methyl/N-ethyl adjacent to an activating group) is 1. The predicted octanol–water partition coefficient (Wildman–Crippen LogP) is 3.89. The van der Waals surface area contributed by atoms with Gasteiger partial charge in [0.1, 0.15) is 12.4 Å². The van der Waals surface area contributed by atoms with Crippen LogP contribution in [0.15, 0.2) is 53.1 Å². The van der Waals surface area contributed by atoms with Gasteiger partial charge in [-0.25, -0.2) is 0 Å². The normalized spacial score (nSPS) is 17.0. The van der Waals surface area contributed by atoms with Crippen LogP contribution in [-0.2, 0) is 13.0 Å². The molecule has 1 aromatic heterocycles. The molecule has 4 rings (SSSR count). The summed E-state index contributed by atoms with van der Waals surface area (Å²) in [5.41, 5.74) is 2.02. The Morgan fingerprint density at radius 1 is 1.24 bits per heavy atom. The first kappa shape index (κ1) is 21.6.